The summed E-state index contributed by atoms with van der Waals surface area (Å²) in [6.45, 7) is 0.584. The number of rotatable bonds is 2. The Bertz CT molecular complexity index is 771. The molecule has 1 atom stereocenters. The molecule has 112 valence electrons. The molecule has 2 N–H and O–H groups in total. The summed E-state index contributed by atoms with van der Waals surface area (Å²) < 4.78 is 0. The largest absolute Gasteiger partial charge is 0.383 e. The molecule has 4 rings (SSSR count). The first-order valence-electron chi connectivity index (χ1n) is 7.50. The summed E-state index contributed by atoms with van der Waals surface area (Å²) >= 11 is 0. The number of benzene rings is 2. The van der Waals surface area contributed by atoms with Gasteiger partial charge in [-0.05, 0) is 23.3 Å². The van der Waals surface area contributed by atoms with Gasteiger partial charge in [0.1, 0.15) is 5.60 Å². The van der Waals surface area contributed by atoms with Crippen molar-refractivity contribution in [3.63, 3.8) is 0 Å². The van der Waals surface area contributed by atoms with E-state index in [4.69, 9.17) is 0 Å². The molecule has 2 aliphatic rings. The quantitative estimate of drug-likeness (QED) is 0.891. The number of carbonyl (C=O) groups is 1. The molecule has 0 fully saturated rings. The summed E-state index contributed by atoms with van der Waals surface area (Å²) in [7, 11) is 2.00. The molecular formula is C18H18N2O2. The predicted molar refractivity (Wildman–Crippen MR) is 86.1 cm³/mol. The molecule has 0 saturated heterocycles. The highest BCUT2D eigenvalue weighted by molar-refractivity contribution is 5.99. The van der Waals surface area contributed by atoms with Gasteiger partial charge in [-0.25, -0.2) is 0 Å². The van der Waals surface area contributed by atoms with Crippen molar-refractivity contribution in [2.75, 3.05) is 23.8 Å². The Balaban J connectivity index is 1.67. The second-order valence-electron chi connectivity index (χ2n) is 6.30. The smallest absolute Gasteiger partial charge is 0.228 e. The number of fused-ring (bicyclic) bond motifs is 2. The van der Waals surface area contributed by atoms with E-state index in [0.717, 1.165) is 28.1 Å². The summed E-state index contributed by atoms with van der Waals surface area (Å²) in [6.07, 6.45) is 0.980. The molecule has 2 aromatic rings. The Labute approximate surface area is 129 Å². The van der Waals surface area contributed by atoms with Gasteiger partial charge in [0.05, 0.1) is 13.0 Å². The Morgan fingerprint density at radius 1 is 1.27 bits per heavy atom. The molecule has 2 heterocycles. The summed E-state index contributed by atoms with van der Waals surface area (Å²) in [5.74, 6) is 0.0387. The van der Waals surface area contributed by atoms with Crippen molar-refractivity contribution in [3.8, 4) is 0 Å². The Hall–Kier alpha value is -2.33. The van der Waals surface area contributed by atoms with Crippen LogP contribution < -0.4 is 10.2 Å². The first-order valence-corrected chi connectivity index (χ1v) is 7.50. The number of carbonyl (C=O) groups excluding carboxylic acids is 1. The third-order valence-electron chi connectivity index (χ3n) is 4.61. The number of hydrogen-bond donors (Lipinski definition) is 2. The van der Waals surface area contributed by atoms with Crippen LogP contribution in [0.25, 0.3) is 0 Å². The van der Waals surface area contributed by atoms with Crippen molar-refractivity contribution in [2.24, 2.45) is 0 Å². The molecule has 0 aliphatic carbocycles. The molecule has 22 heavy (non-hydrogen) atoms. The number of nitrogens with one attached hydrogen (secondary N) is 1. The highest BCUT2D eigenvalue weighted by atomic mass is 16.3. The fourth-order valence-electron chi connectivity index (χ4n) is 3.64. The molecule has 4 nitrogen and oxygen atoms in total. The monoisotopic (exact) mass is 294 g/mol. The average molecular weight is 294 g/mol. The molecule has 1 unspecified atom stereocenters. The molecule has 1 amide bonds. The van der Waals surface area contributed by atoms with Gasteiger partial charge in [0, 0.05) is 30.4 Å². The SMILES string of the molecule is CN1CC(O)(Cc2ccc3c(c2)CC(=O)N3)c2ccccc21. The molecule has 0 aromatic heterocycles. The molecule has 0 saturated carbocycles. The van der Waals surface area contributed by atoms with Crippen molar-refractivity contribution in [3.05, 3.63) is 59.2 Å². The maximum atomic E-state index is 11.5. The number of para-hydroxylation sites is 1. The number of β-amino-alcohol motifs (C(OH)–C–C–N with tert-alkyl or cyclic N) is 1. The van der Waals surface area contributed by atoms with Crippen LogP contribution in [0.4, 0.5) is 11.4 Å². The minimum atomic E-state index is -0.879. The third kappa shape index (κ3) is 1.99. The lowest BCUT2D eigenvalue weighted by molar-refractivity contribution is -0.115. The van der Waals surface area contributed by atoms with Crippen LogP contribution in [0.2, 0.25) is 0 Å². The fraction of sp³-hybridized carbons (Fsp3) is 0.278. The van der Waals surface area contributed by atoms with Gasteiger partial charge in [-0.2, -0.15) is 0 Å². The van der Waals surface area contributed by atoms with Gasteiger partial charge in [0.25, 0.3) is 0 Å². The zero-order valence-corrected chi connectivity index (χ0v) is 12.5. The minimum Gasteiger partial charge on any atom is -0.383 e. The van der Waals surface area contributed by atoms with Crippen LogP contribution in [0, 0.1) is 0 Å². The van der Waals surface area contributed by atoms with Gasteiger partial charge in [-0.15, -0.1) is 0 Å². The van der Waals surface area contributed by atoms with Crippen molar-refractivity contribution < 1.29 is 9.90 Å². The van der Waals surface area contributed by atoms with E-state index in [1.54, 1.807) is 0 Å². The first-order chi connectivity index (χ1) is 10.5. The van der Waals surface area contributed by atoms with Crippen LogP contribution in [0.15, 0.2) is 42.5 Å². The van der Waals surface area contributed by atoms with E-state index in [0.29, 0.717) is 19.4 Å². The van der Waals surface area contributed by atoms with Crippen molar-refractivity contribution in [1.82, 2.24) is 0 Å². The average Bonchev–Trinajstić information content (AvgIpc) is 2.97. The summed E-state index contributed by atoms with van der Waals surface area (Å²) in [4.78, 5) is 13.5. The number of nitrogens with zero attached hydrogens (tertiary/aromatic N) is 1. The molecule has 2 aromatic carbocycles. The van der Waals surface area contributed by atoms with Gasteiger partial charge >= 0.3 is 0 Å². The van der Waals surface area contributed by atoms with E-state index in [2.05, 4.69) is 10.2 Å². The number of aliphatic hydroxyl groups is 1. The minimum absolute atomic E-state index is 0.0387. The number of likely N-dealkylation sites (N-methyl/N-ethyl adjacent to an activating group) is 1. The maximum absolute atomic E-state index is 11.5. The van der Waals surface area contributed by atoms with Gasteiger partial charge in [0.2, 0.25) is 5.91 Å². The highest BCUT2D eigenvalue weighted by Gasteiger charge is 2.39. The van der Waals surface area contributed by atoms with Crippen molar-refractivity contribution >= 4 is 17.3 Å². The van der Waals surface area contributed by atoms with Crippen LogP contribution >= 0.6 is 0 Å². The van der Waals surface area contributed by atoms with Crippen LogP contribution in [-0.4, -0.2) is 24.6 Å². The Kier molecular flexibility index (Phi) is 2.78. The van der Waals surface area contributed by atoms with Crippen molar-refractivity contribution in [1.29, 1.82) is 0 Å². The lowest BCUT2D eigenvalue weighted by Gasteiger charge is -2.24. The first kappa shape index (κ1) is 13.3. The van der Waals surface area contributed by atoms with Gasteiger partial charge in [-0.1, -0.05) is 30.3 Å². The van der Waals surface area contributed by atoms with E-state index < -0.39 is 5.60 Å². The maximum Gasteiger partial charge on any atom is 0.228 e. The van der Waals surface area contributed by atoms with Crippen LogP contribution in [0.3, 0.4) is 0 Å². The lowest BCUT2D eigenvalue weighted by Crippen LogP contribution is -2.33. The standard InChI is InChI=1S/C18H18N2O2/c1-20-11-18(22,14-4-2-3-5-16(14)20)10-12-6-7-15-13(8-12)9-17(21)19-15/h2-8,22H,9-11H2,1H3,(H,19,21). The fourth-order valence-corrected chi connectivity index (χ4v) is 3.64. The van der Waals surface area contributed by atoms with Gasteiger partial charge < -0.3 is 15.3 Å². The number of anilines is 2. The van der Waals surface area contributed by atoms with Crippen LogP contribution in [0.1, 0.15) is 16.7 Å². The summed E-state index contributed by atoms with van der Waals surface area (Å²) in [6, 6.07) is 14.0. The van der Waals surface area contributed by atoms with E-state index in [9.17, 15) is 9.90 Å². The zero-order chi connectivity index (χ0) is 15.3. The van der Waals surface area contributed by atoms with E-state index >= 15 is 0 Å². The third-order valence-corrected chi connectivity index (χ3v) is 4.61. The number of amides is 1. The second kappa shape index (κ2) is 4.58. The second-order valence-corrected chi connectivity index (χ2v) is 6.30. The highest BCUT2D eigenvalue weighted by Crippen LogP contribution is 2.40. The summed E-state index contributed by atoms with van der Waals surface area (Å²) in [5.41, 5.74) is 4.16. The Morgan fingerprint density at radius 2 is 2.09 bits per heavy atom. The van der Waals surface area contributed by atoms with Crippen LogP contribution in [-0.2, 0) is 23.2 Å². The van der Waals surface area contributed by atoms with E-state index in [1.807, 2.05) is 49.5 Å². The molecule has 0 radical (unpaired) electrons. The zero-order valence-electron chi connectivity index (χ0n) is 12.5. The molecule has 0 bridgehead atoms. The van der Waals surface area contributed by atoms with Crippen molar-refractivity contribution in [2.45, 2.75) is 18.4 Å². The van der Waals surface area contributed by atoms with E-state index in [-0.39, 0.29) is 5.91 Å². The van der Waals surface area contributed by atoms with Gasteiger partial charge in [0.15, 0.2) is 0 Å². The molecule has 2 aliphatic heterocycles. The molecule has 0 spiro atoms. The summed E-state index contributed by atoms with van der Waals surface area (Å²) in [5, 5.41) is 14.0. The molecular weight excluding hydrogens is 276 g/mol. The Morgan fingerprint density at radius 3 is 2.95 bits per heavy atom. The van der Waals surface area contributed by atoms with Crippen LogP contribution in [0.5, 0.6) is 0 Å². The normalized spacial score (nSPS) is 22.5. The molecule has 4 heteroatoms. The lowest BCUT2D eigenvalue weighted by atomic mass is 9.88. The topological polar surface area (TPSA) is 52.6 Å². The number of hydrogen-bond acceptors (Lipinski definition) is 3. The predicted octanol–water partition coefficient (Wildman–Crippen LogP) is 2.06. The van der Waals surface area contributed by atoms with Gasteiger partial charge in [-0.3, -0.25) is 4.79 Å². The van der Waals surface area contributed by atoms with E-state index in [1.165, 1.54) is 0 Å².